The van der Waals surface area contributed by atoms with Crippen molar-refractivity contribution in [3.63, 3.8) is 0 Å². The smallest absolute Gasteiger partial charge is 0.425 e. The fourth-order valence-electron chi connectivity index (χ4n) is 7.77. The fraction of sp³-hybridized carbons (Fsp3) is 0.280. The number of aromatic hydroxyl groups is 1. The van der Waals surface area contributed by atoms with Gasteiger partial charge < -0.3 is 14.9 Å². The number of benzene rings is 5. The summed E-state index contributed by atoms with van der Waals surface area (Å²) in [6.45, 7) is 5.66. The van der Waals surface area contributed by atoms with Gasteiger partial charge >= 0.3 is 10.6 Å². The predicted molar refractivity (Wildman–Crippen MR) is 316 cm³/mol. The van der Waals surface area contributed by atoms with Crippen LogP contribution < -0.4 is 4.74 Å². The van der Waals surface area contributed by atoms with Crippen LogP contribution in [0.15, 0.2) is 134 Å². The molecule has 36 heteroatoms. The topological polar surface area (TPSA) is 458 Å². The lowest BCUT2D eigenvalue weighted by atomic mass is 10.1. The van der Waals surface area contributed by atoms with Crippen molar-refractivity contribution in [2.45, 2.75) is 68.3 Å². The molecule has 7 aromatic rings. The molecule has 0 radical (unpaired) electrons. The van der Waals surface area contributed by atoms with Gasteiger partial charge in [0.1, 0.15) is 33.5 Å². The molecule has 2 heterocycles. The van der Waals surface area contributed by atoms with E-state index in [-0.39, 0.29) is 93.6 Å². The number of rotatable bonds is 25. The SMILES string of the molecule is Cc1cc(N=Nc2cc(SCCCS(=O)(=O)O)c(N=Nc3cc(OCCCS(=O)(=O)O)c(N=Nc4c(C)c(C#N)c5nc6c(S(=O)(=O)O)cc(CO)cc6n5c4O)cc3C)cc2C)c(SCCCS(=O)(=O)O)cc1N=Nc1ccccc1.O=S(=O)=O. The van der Waals surface area contributed by atoms with E-state index in [1.54, 1.807) is 50.2 Å². The van der Waals surface area contributed by atoms with E-state index >= 15 is 0 Å². The Labute approximate surface area is 502 Å². The average molecular weight is 1320 g/mol. The lowest BCUT2D eigenvalue weighted by Crippen LogP contribution is -2.08. The Morgan fingerprint density at radius 1 is 0.616 bits per heavy atom. The van der Waals surface area contributed by atoms with E-state index < -0.39 is 85.7 Å². The number of pyridine rings is 1. The maximum absolute atomic E-state index is 12.4. The van der Waals surface area contributed by atoms with Crippen LogP contribution in [-0.2, 0) is 57.7 Å². The molecule has 0 aliphatic rings. The number of fused-ring (bicyclic) bond motifs is 3. The van der Waals surface area contributed by atoms with Crippen LogP contribution in [0, 0.1) is 39.0 Å². The Hall–Kier alpha value is -7.54. The van der Waals surface area contributed by atoms with E-state index in [4.69, 9.17) is 17.4 Å². The zero-order chi connectivity index (χ0) is 63.3. The lowest BCUT2D eigenvalue weighted by Gasteiger charge is -2.12. The van der Waals surface area contributed by atoms with E-state index in [9.17, 15) is 67.4 Å². The normalized spacial score (nSPS) is 12.5. The third-order valence-corrected chi connectivity index (χ3v) is 17.3. The molecule has 29 nitrogen and oxygen atoms in total. The van der Waals surface area contributed by atoms with Crippen LogP contribution in [-0.4, -0.2) is 119 Å². The van der Waals surface area contributed by atoms with Crippen LogP contribution in [0.3, 0.4) is 0 Å². The first kappa shape index (κ1) is 67.6. The number of aromatic nitrogens is 2. The molecular formula is C50H51N11O18S7. The Kier molecular flexibility index (Phi) is 23.0. The molecule has 5 aromatic carbocycles. The Morgan fingerprint density at radius 2 is 1.08 bits per heavy atom. The lowest BCUT2D eigenvalue weighted by molar-refractivity contribution is 0.281. The van der Waals surface area contributed by atoms with Crippen molar-refractivity contribution in [3.8, 4) is 17.7 Å². The molecule has 7 rings (SSSR count). The van der Waals surface area contributed by atoms with Gasteiger partial charge in [0, 0.05) is 21.4 Å². The molecule has 0 spiro atoms. The van der Waals surface area contributed by atoms with Gasteiger partial charge in [-0.2, -0.15) is 59.4 Å². The number of hydrogen-bond donors (Lipinski definition) is 6. The second-order valence-electron chi connectivity index (χ2n) is 18.3. The van der Waals surface area contributed by atoms with Crippen molar-refractivity contribution in [1.29, 1.82) is 5.26 Å². The average Bonchev–Trinajstić information content (AvgIpc) is 1.60. The van der Waals surface area contributed by atoms with Gasteiger partial charge in [0.25, 0.3) is 40.5 Å². The summed E-state index contributed by atoms with van der Waals surface area (Å²) in [4.78, 5) is 4.62. The number of aliphatic hydroxyl groups excluding tert-OH is 1. The van der Waals surface area contributed by atoms with E-state index in [2.05, 4.69) is 45.9 Å². The highest BCUT2D eigenvalue weighted by Gasteiger charge is 2.26. The molecule has 0 unspecified atom stereocenters. The van der Waals surface area contributed by atoms with Crippen LogP contribution in [0.25, 0.3) is 16.7 Å². The molecule has 6 N–H and O–H groups in total. The van der Waals surface area contributed by atoms with Gasteiger partial charge in [-0.15, -0.1) is 56.6 Å². The van der Waals surface area contributed by atoms with E-state index in [1.807, 2.05) is 31.2 Å². The second-order valence-corrected chi connectivity index (χ2v) is 27.1. The molecule has 86 heavy (non-hydrogen) atoms. The number of imidazole rings is 1. The minimum atomic E-state index is -4.93. The zero-order valence-electron chi connectivity index (χ0n) is 45.4. The van der Waals surface area contributed by atoms with Gasteiger partial charge in [0.05, 0.1) is 70.1 Å². The highest BCUT2D eigenvalue weighted by molar-refractivity contribution is 7.99. The van der Waals surface area contributed by atoms with Crippen molar-refractivity contribution in [1.82, 2.24) is 9.38 Å². The summed E-state index contributed by atoms with van der Waals surface area (Å²) < 4.78 is 165. The molecule has 0 amide bonds. The number of hydrogen-bond acceptors (Lipinski definition) is 26. The molecule has 456 valence electrons. The first-order chi connectivity index (χ1) is 40.4. The molecule has 0 aliphatic carbocycles. The molecule has 0 fully saturated rings. The molecule has 0 aliphatic heterocycles. The zero-order valence-corrected chi connectivity index (χ0v) is 51.2. The summed E-state index contributed by atoms with van der Waals surface area (Å²) in [5.74, 6) is -1.86. The Balaban J connectivity index is 0.00000286. The second kappa shape index (κ2) is 29.2. The predicted octanol–water partition coefficient (Wildman–Crippen LogP) is 11.1. The third kappa shape index (κ3) is 19.2. The van der Waals surface area contributed by atoms with Crippen LogP contribution in [0.5, 0.6) is 11.6 Å². The minimum absolute atomic E-state index is 0.00543. The number of thioether (sulfide) groups is 2. The van der Waals surface area contributed by atoms with Gasteiger partial charge in [-0.05, 0) is 135 Å². The summed E-state index contributed by atoms with van der Waals surface area (Å²) in [7, 11) is -20.9. The van der Waals surface area contributed by atoms with Gasteiger partial charge in [0.2, 0.25) is 5.88 Å². The highest BCUT2D eigenvalue weighted by Crippen LogP contribution is 2.44. The van der Waals surface area contributed by atoms with Crippen molar-refractivity contribution in [2.24, 2.45) is 40.9 Å². The van der Waals surface area contributed by atoms with Crippen molar-refractivity contribution >= 4 is 137 Å². The van der Waals surface area contributed by atoms with Gasteiger partial charge in [-0.3, -0.25) is 22.6 Å². The number of azo groups is 4. The first-order valence-electron chi connectivity index (χ1n) is 24.7. The summed E-state index contributed by atoms with van der Waals surface area (Å²) in [6, 6.07) is 23.0. The highest BCUT2D eigenvalue weighted by atomic mass is 32.2. The van der Waals surface area contributed by atoms with E-state index in [0.717, 1.165) is 10.5 Å². The Bertz CT molecular complexity index is 4500. The summed E-state index contributed by atoms with van der Waals surface area (Å²) in [5.41, 5.74) is 3.08. The summed E-state index contributed by atoms with van der Waals surface area (Å²) >= 11 is 2.46. The number of ether oxygens (including phenoxy) is 1. The maximum atomic E-state index is 12.4. The van der Waals surface area contributed by atoms with E-state index in [1.165, 1.54) is 48.6 Å². The van der Waals surface area contributed by atoms with Crippen molar-refractivity contribution in [3.05, 3.63) is 112 Å². The van der Waals surface area contributed by atoms with Crippen LogP contribution in [0.4, 0.5) is 45.5 Å². The number of nitriles is 1. The first-order valence-corrected chi connectivity index (χ1v) is 34.0. The molecule has 0 saturated carbocycles. The number of aliphatic hydroxyl groups is 1. The van der Waals surface area contributed by atoms with Crippen LogP contribution in [0.2, 0.25) is 0 Å². The standard InChI is InChI=1S/C50H51N11O15S6.O3S/c1-29-19-39(57-60-47-32(4)35(27-51)49-52-48-42(61(49)50(47)63)22-33(28-62)23-46(48)82(73,74)75)43(76-13-8-16-79(64,65)66)24-36(29)55-58-40-21-31(3)38(26-45(40)78-15-10-18-81(70,71)72)56-59-41-20-30(2)37(54-53-34-11-6-5-7-12-34)25-44(41)77-14-9-17-80(67,68)69;1-4(2)3/h5-7,11-12,19-26,62-63H,8-10,13-18,28H2,1-4H3,(H,64,65,66)(H,67,68,69)(H,70,71,72)(H,73,74,75);. The largest absolute Gasteiger partial charge is 0.493 e. The van der Waals surface area contributed by atoms with Gasteiger partial charge in [-0.25, -0.2) is 4.98 Å². The van der Waals surface area contributed by atoms with E-state index in [0.29, 0.717) is 54.9 Å². The maximum Gasteiger partial charge on any atom is 0.425 e. The fourth-order valence-corrected chi connectivity index (χ4v) is 12.2. The van der Waals surface area contributed by atoms with Gasteiger partial charge in [0.15, 0.2) is 11.3 Å². The third-order valence-electron chi connectivity index (χ3n) is 11.8. The van der Waals surface area contributed by atoms with Crippen molar-refractivity contribution < 1.29 is 79.5 Å². The van der Waals surface area contributed by atoms with Crippen molar-refractivity contribution in [2.75, 3.05) is 35.4 Å². The monoisotopic (exact) mass is 1320 g/mol. The molecule has 0 bridgehead atoms. The Morgan fingerprint density at radius 3 is 1.57 bits per heavy atom. The molecule has 0 atom stereocenters. The van der Waals surface area contributed by atoms with Gasteiger partial charge in [-0.1, -0.05) is 18.2 Å². The summed E-state index contributed by atoms with van der Waals surface area (Å²) in [6.07, 6.45) is -0.00443. The quantitative estimate of drug-likeness (QED) is 0.0134. The summed E-state index contributed by atoms with van der Waals surface area (Å²) in [5, 5.41) is 67.5. The van der Waals surface area contributed by atoms with Crippen LogP contribution in [0.1, 0.15) is 52.6 Å². The number of nitrogens with zero attached hydrogens (tertiary/aromatic N) is 11. The molecule has 2 aromatic heterocycles. The molecular weight excluding hydrogens is 1270 g/mol. The number of aryl methyl sites for hydroxylation is 3. The van der Waals surface area contributed by atoms with Crippen LogP contribution >= 0.6 is 23.5 Å². The molecule has 0 saturated heterocycles. The minimum Gasteiger partial charge on any atom is -0.493 e.